The third-order valence-corrected chi connectivity index (χ3v) is 5.39. The van der Waals surface area contributed by atoms with E-state index in [9.17, 15) is 8.99 Å². The number of phenols is 1. The molecule has 1 fully saturated rings. The first-order valence-corrected chi connectivity index (χ1v) is 11.3. The fraction of sp³-hybridized carbons (Fsp3) is 0.455. The number of benzene rings is 2. The fourth-order valence-corrected chi connectivity index (χ4v) is 3.58. The van der Waals surface area contributed by atoms with Crippen molar-refractivity contribution >= 4 is 35.3 Å². The zero-order valence-electron chi connectivity index (χ0n) is 17.7. The maximum atomic E-state index is 10.2. The van der Waals surface area contributed by atoms with Crippen molar-refractivity contribution in [2.75, 3.05) is 19.5 Å². The lowest BCUT2D eigenvalue weighted by atomic mass is 9.78. The molecule has 0 amide bonds. The average Bonchev–Trinajstić information content (AvgIpc) is 3.04. The third-order valence-electron chi connectivity index (χ3n) is 4.82. The lowest BCUT2D eigenvalue weighted by Crippen LogP contribution is -2.25. The Labute approximate surface area is 191 Å². The molecule has 2 aromatic carbocycles. The smallest absolute Gasteiger partial charge is 0.163 e. The van der Waals surface area contributed by atoms with Gasteiger partial charge in [0.2, 0.25) is 0 Å². The molecule has 30 heavy (non-hydrogen) atoms. The third kappa shape index (κ3) is 6.41. The summed E-state index contributed by atoms with van der Waals surface area (Å²) in [5.41, 5.74) is 1.66. The molecule has 0 bridgehead atoms. The van der Waals surface area contributed by atoms with Crippen molar-refractivity contribution in [1.29, 1.82) is 0 Å². The van der Waals surface area contributed by atoms with Crippen molar-refractivity contribution in [3.05, 3.63) is 57.6 Å². The summed E-state index contributed by atoms with van der Waals surface area (Å²) >= 11 is 12.4. The van der Waals surface area contributed by atoms with Crippen LogP contribution in [0.2, 0.25) is 10.0 Å². The second kappa shape index (κ2) is 10.4. The molecule has 3 rings (SSSR count). The molecule has 1 heterocycles. The van der Waals surface area contributed by atoms with Crippen LogP contribution in [0.25, 0.3) is 0 Å². The molecule has 1 atom stereocenters. The molecule has 0 saturated carbocycles. The van der Waals surface area contributed by atoms with E-state index in [-0.39, 0.29) is 39.5 Å². The first kappa shape index (κ1) is 25.1. The van der Waals surface area contributed by atoms with E-state index in [1.165, 1.54) is 6.26 Å². The number of aromatic hydroxyl groups is 1. The Bertz CT molecular complexity index is 821. The van der Waals surface area contributed by atoms with Crippen molar-refractivity contribution in [2.24, 2.45) is 0 Å². The summed E-state index contributed by atoms with van der Waals surface area (Å²) in [5.74, 6) is 0.127. The fourth-order valence-electron chi connectivity index (χ4n) is 3.10. The minimum absolute atomic E-state index is 0.0719. The summed E-state index contributed by atoms with van der Waals surface area (Å²) in [6.45, 7) is 8.91. The van der Waals surface area contributed by atoms with Crippen LogP contribution in [0.15, 0.2) is 36.4 Å². The highest BCUT2D eigenvalue weighted by Gasteiger charge is 2.33. The van der Waals surface area contributed by atoms with E-state index in [1.54, 1.807) is 12.1 Å². The van der Waals surface area contributed by atoms with Gasteiger partial charge in [-0.15, -0.1) is 0 Å². The number of hydrogen-bond acceptors (Lipinski definition) is 5. The summed E-state index contributed by atoms with van der Waals surface area (Å²) in [4.78, 5) is 0. The minimum atomic E-state index is -0.547. The van der Waals surface area contributed by atoms with Gasteiger partial charge in [0.15, 0.2) is 11.5 Å². The average molecular weight is 477 g/mol. The van der Waals surface area contributed by atoms with E-state index in [0.29, 0.717) is 13.2 Å². The molecule has 0 spiro atoms. The van der Waals surface area contributed by atoms with Crippen LogP contribution >= 0.6 is 35.3 Å². The number of phenolic OH excluding ortho intramolecular Hbond substituents is 1. The molecule has 0 aliphatic carbocycles. The van der Waals surface area contributed by atoms with Crippen LogP contribution in [0.5, 0.6) is 11.5 Å². The topological polar surface area (TPSA) is 47.9 Å². The Morgan fingerprint density at radius 3 is 2.17 bits per heavy atom. The van der Waals surface area contributed by atoms with Gasteiger partial charge in [-0.1, -0.05) is 49.2 Å². The Kier molecular flexibility index (Phi) is 8.71. The predicted molar refractivity (Wildman–Crippen MR) is 122 cm³/mol. The van der Waals surface area contributed by atoms with E-state index in [1.807, 2.05) is 38.1 Å². The lowest BCUT2D eigenvalue weighted by Gasteiger charge is -2.27. The van der Waals surface area contributed by atoms with Gasteiger partial charge in [-0.05, 0) is 49.2 Å². The first-order valence-electron chi connectivity index (χ1n) is 9.38. The van der Waals surface area contributed by atoms with Crippen LogP contribution < -0.4 is 4.74 Å². The Morgan fingerprint density at radius 1 is 1.17 bits per heavy atom. The van der Waals surface area contributed by atoms with Gasteiger partial charge in [-0.3, -0.25) is 0 Å². The molecular weight excluding hydrogens is 450 g/mol. The Hall–Kier alpha value is -1.18. The van der Waals surface area contributed by atoms with Crippen LogP contribution in [0.1, 0.15) is 38.8 Å². The van der Waals surface area contributed by atoms with Crippen molar-refractivity contribution in [3.8, 4) is 11.5 Å². The van der Waals surface area contributed by atoms with Gasteiger partial charge in [0.05, 0.1) is 16.7 Å². The summed E-state index contributed by atoms with van der Waals surface area (Å²) in [6.07, 6.45) is 1.30. The van der Waals surface area contributed by atoms with Crippen LogP contribution in [-0.2, 0) is 14.9 Å². The van der Waals surface area contributed by atoms with Gasteiger partial charge in [0, 0.05) is 23.8 Å². The van der Waals surface area contributed by atoms with Gasteiger partial charge in [-0.25, -0.2) is 0 Å². The molecule has 0 aromatic heterocycles. The zero-order valence-corrected chi connectivity index (χ0v) is 20.0. The summed E-state index contributed by atoms with van der Waals surface area (Å²) in [6, 6.07) is 11.4. The van der Waals surface area contributed by atoms with Gasteiger partial charge >= 0.3 is 0 Å². The maximum absolute atomic E-state index is 10.2. The largest absolute Gasteiger partial charge is 0.505 e. The second-order valence-electron chi connectivity index (χ2n) is 7.85. The van der Waals surface area contributed by atoms with E-state index in [4.69, 9.17) is 37.4 Å². The minimum Gasteiger partial charge on any atom is -0.505 e. The van der Waals surface area contributed by atoms with Crippen LogP contribution in [0.4, 0.5) is 3.89 Å². The van der Waals surface area contributed by atoms with E-state index in [2.05, 4.69) is 13.8 Å². The van der Waals surface area contributed by atoms with Crippen molar-refractivity contribution in [1.82, 2.24) is 0 Å². The normalized spacial score (nSPS) is 17.9. The molecule has 1 N–H and O–H groups in total. The molecule has 4 nitrogen and oxygen atoms in total. The summed E-state index contributed by atoms with van der Waals surface area (Å²) in [7, 11) is 0. The summed E-state index contributed by atoms with van der Waals surface area (Å²) < 4.78 is 27.3. The highest BCUT2D eigenvalue weighted by molar-refractivity contribution is 7.93. The molecule has 1 aliphatic rings. The highest BCUT2D eigenvalue weighted by Crippen LogP contribution is 2.40. The standard InChI is InChI=1S/C21H24Cl2O4.CH3FS/c1-20(2,14-9-17(22)19(24)18(23)10-14)13-5-7-15(8-6-13)25-11-16-12-26-21(3,4)27-16;1-3-2/h5-10,16,24H,11-12H2,1-4H3;1H3. The van der Waals surface area contributed by atoms with E-state index < -0.39 is 5.79 Å². The highest BCUT2D eigenvalue weighted by atomic mass is 35.5. The van der Waals surface area contributed by atoms with Crippen molar-refractivity contribution in [2.45, 2.75) is 45.0 Å². The molecular formula is C22H27Cl2FO4S. The van der Waals surface area contributed by atoms with Gasteiger partial charge in [0.1, 0.15) is 18.5 Å². The van der Waals surface area contributed by atoms with E-state index in [0.717, 1.165) is 16.9 Å². The molecule has 1 aliphatic heterocycles. The number of rotatable bonds is 5. The van der Waals surface area contributed by atoms with Crippen LogP contribution in [-0.4, -0.2) is 36.5 Å². The van der Waals surface area contributed by atoms with Gasteiger partial charge in [-0.2, -0.15) is 3.89 Å². The monoisotopic (exact) mass is 476 g/mol. The molecule has 0 radical (unpaired) electrons. The molecule has 2 aromatic rings. The first-order chi connectivity index (χ1) is 14.0. The van der Waals surface area contributed by atoms with Crippen molar-refractivity contribution < 1.29 is 23.2 Å². The van der Waals surface area contributed by atoms with Gasteiger partial charge in [0.25, 0.3) is 0 Å². The quantitative estimate of drug-likeness (QED) is 0.514. The number of hydrogen-bond donors (Lipinski definition) is 1. The summed E-state index contributed by atoms with van der Waals surface area (Å²) in [5, 5.41) is 10.3. The molecule has 8 heteroatoms. The lowest BCUT2D eigenvalue weighted by molar-refractivity contribution is -0.141. The second-order valence-corrected chi connectivity index (χ2v) is 8.98. The number of ether oxygens (including phenoxy) is 3. The zero-order chi connectivity index (χ0) is 22.5. The van der Waals surface area contributed by atoms with E-state index >= 15 is 0 Å². The van der Waals surface area contributed by atoms with Gasteiger partial charge < -0.3 is 19.3 Å². The molecule has 1 saturated heterocycles. The Balaban J connectivity index is 0.00000101. The van der Waals surface area contributed by atoms with Crippen LogP contribution in [0.3, 0.4) is 0 Å². The molecule has 166 valence electrons. The Morgan fingerprint density at radius 2 is 1.70 bits per heavy atom. The predicted octanol–water partition coefficient (Wildman–Crippen LogP) is 6.79. The number of halogens is 3. The van der Waals surface area contributed by atoms with Crippen molar-refractivity contribution in [3.63, 3.8) is 0 Å². The molecule has 1 unspecified atom stereocenters. The SMILES string of the molecule is CC1(C)OCC(COc2ccc(C(C)(C)c3cc(Cl)c(O)c(Cl)c3)cc2)O1.CSF. The van der Waals surface area contributed by atoms with Crippen LogP contribution in [0, 0.1) is 0 Å². The maximum Gasteiger partial charge on any atom is 0.163 e.